The summed E-state index contributed by atoms with van der Waals surface area (Å²) in [6, 6.07) is 9.30. The summed E-state index contributed by atoms with van der Waals surface area (Å²) in [7, 11) is 1.77. The number of nitrogens with one attached hydrogen (secondary N) is 1. The normalized spacial score (nSPS) is 11.6. The number of hydrogen-bond acceptors (Lipinski definition) is 4. The van der Waals surface area contributed by atoms with Gasteiger partial charge in [0.25, 0.3) is 0 Å². The maximum Gasteiger partial charge on any atom is 0.317 e. The molecule has 2 aromatic heterocycles. The summed E-state index contributed by atoms with van der Waals surface area (Å²) in [6.07, 6.45) is 5.69. The minimum absolute atomic E-state index is 0.123. The minimum atomic E-state index is -0.132. The number of urea groups is 1. The number of ether oxygens (including phenoxy) is 1. The van der Waals surface area contributed by atoms with Crippen LogP contribution in [0.4, 0.5) is 4.79 Å². The Bertz CT molecular complexity index is 592. The predicted molar refractivity (Wildman–Crippen MR) is 88.3 cm³/mol. The lowest BCUT2D eigenvalue weighted by Crippen LogP contribution is -2.42. The monoisotopic (exact) mass is 314 g/mol. The molecule has 23 heavy (non-hydrogen) atoms. The summed E-state index contributed by atoms with van der Waals surface area (Å²) in [6.45, 7) is 2.95. The molecule has 0 spiro atoms. The zero-order valence-electron chi connectivity index (χ0n) is 13.5. The highest BCUT2D eigenvalue weighted by Gasteiger charge is 2.11. The Morgan fingerprint density at radius 1 is 1.30 bits per heavy atom. The molecule has 0 bridgehead atoms. The molecule has 122 valence electrons. The van der Waals surface area contributed by atoms with E-state index in [4.69, 9.17) is 4.74 Å². The first-order chi connectivity index (χ1) is 11.1. The third-order valence-electron chi connectivity index (χ3n) is 3.29. The fourth-order valence-corrected chi connectivity index (χ4v) is 1.99. The van der Waals surface area contributed by atoms with Crippen molar-refractivity contribution in [2.75, 3.05) is 20.1 Å². The van der Waals surface area contributed by atoms with Gasteiger partial charge in [0, 0.05) is 38.1 Å². The quantitative estimate of drug-likeness (QED) is 0.850. The Labute approximate surface area is 136 Å². The van der Waals surface area contributed by atoms with Crippen molar-refractivity contribution < 1.29 is 9.53 Å². The Hall–Kier alpha value is -2.63. The molecule has 2 rings (SSSR count). The summed E-state index contributed by atoms with van der Waals surface area (Å²) < 4.78 is 5.67. The van der Waals surface area contributed by atoms with E-state index in [0.29, 0.717) is 18.8 Å². The van der Waals surface area contributed by atoms with Crippen LogP contribution in [0.15, 0.2) is 48.9 Å². The van der Waals surface area contributed by atoms with Gasteiger partial charge < -0.3 is 15.0 Å². The van der Waals surface area contributed by atoms with Gasteiger partial charge in [0.1, 0.15) is 11.9 Å². The average Bonchev–Trinajstić information content (AvgIpc) is 2.59. The van der Waals surface area contributed by atoms with Crippen molar-refractivity contribution >= 4 is 6.03 Å². The van der Waals surface area contributed by atoms with Crippen molar-refractivity contribution in [3.8, 4) is 5.75 Å². The van der Waals surface area contributed by atoms with Gasteiger partial charge in [0.2, 0.25) is 0 Å². The Balaban J connectivity index is 1.69. The van der Waals surface area contributed by atoms with Gasteiger partial charge in [-0.15, -0.1) is 0 Å². The van der Waals surface area contributed by atoms with Gasteiger partial charge in [-0.25, -0.2) is 4.79 Å². The van der Waals surface area contributed by atoms with Gasteiger partial charge in [-0.05, 0) is 31.2 Å². The van der Waals surface area contributed by atoms with Crippen LogP contribution in [-0.4, -0.2) is 47.1 Å². The van der Waals surface area contributed by atoms with Crippen LogP contribution in [0.5, 0.6) is 5.75 Å². The number of carbonyl (C=O) groups excluding carboxylic acids is 1. The molecule has 0 saturated heterocycles. The summed E-state index contributed by atoms with van der Waals surface area (Å²) >= 11 is 0. The van der Waals surface area contributed by atoms with Crippen molar-refractivity contribution in [2.45, 2.75) is 19.4 Å². The van der Waals surface area contributed by atoms with Gasteiger partial charge in [-0.2, -0.15) is 0 Å². The van der Waals surface area contributed by atoms with Crippen molar-refractivity contribution in [3.63, 3.8) is 0 Å². The zero-order valence-corrected chi connectivity index (χ0v) is 13.5. The third kappa shape index (κ3) is 5.94. The largest absolute Gasteiger partial charge is 0.487 e. The first kappa shape index (κ1) is 16.7. The lowest BCUT2D eigenvalue weighted by molar-refractivity contribution is 0.190. The fraction of sp³-hybridized carbons (Fsp3) is 0.353. The highest BCUT2D eigenvalue weighted by Crippen LogP contribution is 2.08. The van der Waals surface area contributed by atoms with E-state index in [9.17, 15) is 4.79 Å². The summed E-state index contributed by atoms with van der Waals surface area (Å²) in [5.41, 5.74) is 0.973. The second-order valence-electron chi connectivity index (χ2n) is 5.30. The first-order valence-electron chi connectivity index (χ1n) is 7.60. The predicted octanol–water partition coefficient (Wildman–Crippen LogP) is 2.13. The molecule has 2 aromatic rings. The summed E-state index contributed by atoms with van der Waals surface area (Å²) in [4.78, 5) is 21.9. The van der Waals surface area contributed by atoms with Crippen LogP contribution in [0.25, 0.3) is 0 Å². The molecule has 6 nitrogen and oxygen atoms in total. The summed E-state index contributed by atoms with van der Waals surface area (Å²) in [5, 5.41) is 2.86. The minimum Gasteiger partial charge on any atom is -0.487 e. The topological polar surface area (TPSA) is 67.4 Å². The van der Waals surface area contributed by atoms with E-state index < -0.39 is 0 Å². The van der Waals surface area contributed by atoms with E-state index in [1.807, 2.05) is 37.3 Å². The maximum atomic E-state index is 12.0. The van der Waals surface area contributed by atoms with Crippen molar-refractivity contribution in [2.24, 2.45) is 0 Å². The molecule has 1 unspecified atom stereocenters. The maximum absolute atomic E-state index is 12.0. The molecule has 0 radical (unpaired) electrons. The molecule has 2 heterocycles. The fourth-order valence-electron chi connectivity index (χ4n) is 1.99. The molecule has 0 aromatic carbocycles. The van der Waals surface area contributed by atoms with Crippen molar-refractivity contribution in [1.29, 1.82) is 0 Å². The number of rotatable bonds is 7. The molecule has 1 atom stereocenters. The average molecular weight is 314 g/mol. The standard InChI is InChI=1S/C17H22N4O2/c1-14(23-16-7-5-9-18-13-16)12-20-17(22)21(2)11-8-15-6-3-4-10-19-15/h3-7,9-10,13-14H,8,11-12H2,1-2H3,(H,20,22). The SMILES string of the molecule is CC(CNC(=O)N(C)CCc1ccccn1)Oc1cccnc1. The van der Waals surface area contributed by atoms with Gasteiger partial charge in [0.15, 0.2) is 0 Å². The van der Waals surface area contributed by atoms with Gasteiger partial charge in [0.05, 0.1) is 12.7 Å². The van der Waals surface area contributed by atoms with Gasteiger partial charge >= 0.3 is 6.03 Å². The molecule has 0 aliphatic heterocycles. The second-order valence-corrected chi connectivity index (χ2v) is 5.30. The highest BCUT2D eigenvalue weighted by molar-refractivity contribution is 5.73. The molecule has 0 aliphatic carbocycles. The van der Waals surface area contributed by atoms with E-state index in [-0.39, 0.29) is 12.1 Å². The number of hydrogen-bond donors (Lipinski definition) is 1. The van der Waals surface area contributed by atoms with E-state index in [2.05, 4.69) is 15.3 Å². The van der Waals surface area contributed by atoms with Crippen molar-refractivity contribution in [3.05, 3.63) is 54.6 Å². The summed E-state index contributed by atoms with van der Waals surface area (Å²) in [5.74, 6) is 0.692. The van der Waals surface area contributed by atoms with E-state index in [1.54, 1.807) is 30.5 Å². The van der Waals surface area contributed by atoms with Crippen LogP contribution in [0.1, 0.15) is 12.6 Å². The van der Waals surface area contributed by atoms with Crippen LogP contribution in [0, 0.1) is 0 Å². The highest BCUT2D eigenvalue weighted by atomic mass is 16.5. The van der Waals surface area contributed by atoms with Gasteiger partial charge in [-0.1, -0.05) is 6.07 Å². The lowest BCUT2D eigenvalue weighted by atomic mass is 10.2. The van der Waals surface area contributed by atoms with Crippen LogP contribution >= 0.6 is 0 Å². The van der Waals surface area contributed by atoms with E-state index in [0.717, 1.165) is 12.1 Å². The van der Waals surface area contributed by atoms with Gasteiger partial charge in [-0.3, -0.25) is 9.97 Å². The number of aromatic nitrogens is 2. The molecular weight excluding hydrogens is 292 g/mol. The zero-order chi connectivity index (χ0) is 16.5. The Morgan fingerprint density at radius 3 is 2.87 bits per heavy atom. The van der Waals surface area contributed by atoms with Crippen molar-refractivity contribution in [1.82, 2.24) is 20.2 Å². The number of likely N-dealkylation sites (N-methyl/N-ethyl adjacent to an activating group) is 1. The van der Waals surface area contributed by atoms with Crippen LogP contribution < -0.4 is 10.1 Å². The molecular formula is C17H22N4O2. The lowest BCUT2D eigenvalue weighted by Gasteiger charge is -2.20. The number of nitrogens with zero attached hydrogens (tertiary/aromatic N) is 3. The molecule has 0 fully saturated rings. The Kier molecular flexibility index (Phi) is 6.35. The smallest absolute Gasteiger partial charge is 0.317 e. The molecule has 0 aliphatic rings. The van der Waals surface area contributed by atoms with Crippen LogP contribution in [-0.2, 0) is 6.42 Å². The molecule has 0 saturated carbocycles. The second kappa shape index (κ2) is 8.73. The number of amides is 2. The third-order valence-corrected chi connectivity index (χ3v) is 3.29. The van der Waals surface area contributed by atoms with E-state index >= 15 is 0 Å². The molecule has 6 heteroatoms. The van der Waals surface area contributed by atoms with Crippen LogP contribution in [0.2, 0.25) is 0 Å². The molecule has 1 N–H and O–H groups in total. The Morgan fingerprint density at radius 2 is 2.17 bits per heavy atom. The number of pyridine rings is 2. The first-order valence-corrected chi connectivity index (χ1v) is 7.60. The van der Waals surface area contributed by atoms with Crippen LogP contribution in [0.3, 0.4) is 0 Å². The van der Waals surface area contributed by atoms with E-state index in [1.165, 1.54) is 0 Å². The number of carbonyl (C=O) groups is 1. The molecule has 2 amide bonds.